The smallest absolute Gasteiger partial charge is 0.128 e. The van der Waals surface area contributed by atoms with E-state index < -0.39 is 0 Å². The van der Waals surface area contributed by atoms with Gasteiger partial charge in [-0.05, 0) is 60.7 Å². The van der Waals surface area contributed by atoms with Crippen molar-refractivity contribution in [2.24, 2.45) is 0 Å². The summed E-state index contributed by atoms with van der Waals surface area (Å²) in [4.78, 5) is 0. The van der Waals surface area contributed by atoms with Crippen molar-refractivity contribution in [2.45, 2.75) is 44.9 Å². The zero-order chi connectivity index (χ0) is 13.7. The van der Waals surface area contributed by atoms with Gasteiger partial charge in [-0.3, -0.25) is 0 Å². The van der Waals surface area contributed by atoms with Crippen molar-refractivity contribution in [1.29, 1.82) is 0 Å². The monoisotopic (exact) mass is 375 g/mol. The molecule has 1 aliphatic carbocycles. The molecule has 0 aromatic heterocycles. The van der Waals surface area contributed by atoms with Crippen LogP contribution in [0.15, 0.2) is 24.3 Å². The molecule has 1 fully saturated rings. The predicted molar refractivity (Wildman–Crippen MR) is 85.7 cm³/mol. The average Bonchev–Trinajstić information content (AvgIpc) is 2.39. The number of hydrogen-bond acceptors (Lipinski definition) is 3. The third-order valence-electron chi connectivity index (χ3n) is 3.35. The first kappa shape index (κ1) is 15.1. The van der Waals surface area contributed by atoms with E-state index in [0.717, 1.165) is 31.7 Å². The minimum atomic E-state index is 0.174. The SMILES string of the molecule is CCCNC1CC(Oc2cccc(I)c2)C1OCC. The molecule has 2 rings (SSSR count). The normalized spacial score (nSPS) is 25.9. The van der Waals surface area contributed by atoms with E-state index in [1.165, 1.54) is 3.57 Å². The molecule has 0 amide bonds. The topological polar surface area (TPSA) is 30.5 Å². The number of hydrogen-bond donors (Lipinski definition) is 1. The molecule has 1 saturated carbocycles. The summed E-state index contributed by atoms with van der Waals surface area (Å²) in [6.07, 6.45) is 2.52. The van der Waals surface area contributed by atoms with Crippen molar-refractivity contribution in [2.75, 3.05) is 13.2 Å². The first-order valence-corrected chi connectivity index (χ1v) is 8.09. The Bertz CT molecular complexity index is 399. The summed E-state index contributed by atoms with van der Waals surface area (Å²) >= 11 is 2.30. The average molecular weight is 375 g/mol. The lowest BCUT2D eigenvalue weighted by molar-refractivity contribution is -0.104. The highest BCUT2D eigenvalue weighted by molar-refractivity contribution is 14.1. The van der Waals surface area contributed by atoms with Crippen molar-refractivity contribution in [1.82, 2.24) is 5.32 Å². The molecule has 3 nitrogen and oxygen atoms in total. The highest BCUT2D eigenvalue weighted by Crippen LogP contribution is 2.29. The van der Waals surface area contributed by atoms with E-state index in [2.05, 4.69) is 47.0 Å². The van der Waals surface area contributed by atoms with Crippen LogP contribution in [0.25, 0.3) is 0 Å². The van der Waals surface area contributed by atoms with Gasteiger partial charge in [-0.2, -0.15) is 0 Å². The fourth-order valence-corrected chi connectivity index (χ4v) is 2.87. The Hall–Kier alpha value is -0.330. The second-order valence-corrected chi connectivity index (χ2v) is 6.08. The van der Waals surface area contributed by atoms with Gasteiger partial charge < -0.3 is 14.8 Å². The molecule has 0 saturated heterocycles. The summed E-state index contributed by atoms with van der Waals surface area (Å²) < 4.78 is 13.0. The lowest BCUT2D eigenvalue weighted by Crippen LogP contribution is -2.61. The van der Waals surface area contributed by atoms with Crippen LogP contribution < -0.4 is 10.1 Å². The van der Waals surface area contributed by atoms with Gasteiger partial charge in [0.15, 0.2) is 0 Å². The molecule has 1 aromatic carbocycles. The number of halogens is 1. The standard InChI is InChI=1S/C15H22INO2/c1-3-8-17-13-10-14(15(13)18-4-2)19-12-7-5-6-11(16)9-12/h5-7,9,13-15,17H,3-4,8,10H2,1-2H3. The summed E-state index contributed by atoms with van der Waals surface area (Å²) in [5.41, 5.74) is 0. The Morgan fingerprint density at radius 1 is 1.37 bits per heavy atom. The van der Waals surface area contributed by atoms with E-state index in [1.807, 2.05) is 19.1 Å². The number of nitrogens with one attached hydrogen (secondary N) is 1. The van der Waals surface area contributed by atoms with Crippen LogP contribution in [0.3, 0.4) is 0 Å². The van der Waals surface area contributed by atoms with E-state index in [1.54, 1.807) is 0 Å². The lowest BCUT2D eigenvalue weighted by atomic mass is 9.85. The van der Waals surface area contributed by atoms with Crippen LogP contribution in [0.1, 0.15) is 26.7 Å². The lowest BCUT2D eigenvalue weighted by Gasteiger charge is -2.44. The highest BCUT2D eigenvalue weighted by atomic mass is 127. The largest absolute Gasteiger partial charge is 0.488 e. The molecule has 4 heteroatoms. The minimum Gasteiger partial charge on any atom is -0.488 e. The molecule has 0 heterocycles. The zero-order valence-corrected chi connectivity index (χ0v) is 13.7. The summed E-state index contributed by atoms with van der Waals surface area (Å²) in [5, 5.41) is 3.52. The fourth-order valence-electron chi connectivity index (χ4n) is 2.36. The summed E-state index contributed by atoms with van der Waals surface area (Å²) in [7, 11) is 0. The molecule has 1 N–H and O–H groups in total. The van der Waals surface area contributed by atoms with Gasteiger partial charge in [0.05, 0.1) is 0 Å². The van der Waals surface area contributed by atoms with Gasteiger partial charge >= 0.3 is 0 Å². The van der Waals surface area contributed by atoms with Crippen LogP contribution in [-0.2, 0) is 4.74 Å². The molecular weight excluding hydrogens is 353 g/mol. The van der Waals surface area contributed by atoms with Gasteiger partial charge in [0.1, 0.15) is 18.0 Å². The van der Waals surface area contributed by atoms with Gasteiger partial charge in [0.25, 0.3) is 0 Å². The summed E-state index contributed by atoms with van der Waals surface area (Å²) in [6, 6.07) is 8.61. The first-order valence-electron chi connectivity index (χ1n) is 7.01. The molecule has 19 heavy (non-hydrogen) atoms. The van der Waals surface area contributed by atoms with E-state index in [0.29, 0.717) is 6.04 Å². The van der Waals surface area contributed by atoms with Crippen LogP contribution >= 0.6 is 22.6 Å². The Morgan fingerprint density at radius 2 is 2.21 bits per heavy atom. The van der Waals surface area contributed by atoms with Crippen LogP contribution in [0, 0.1) is 3.57 Å². The van der Waals surface area contributed by atoms with Gasteiger partial charge in [0, 0.05) is 22.6 Å². The molecule has 3 unspecified atom stereocenters. The Morgan fingerprint density at radius 3 is 2.89 bits per heavy atom. The molecule has 0 spiro atoms. The highest BCUT2D eigenvalue weighted by Gasteiger charge is 2.43. The van der Waals surface area contributed by atoms with E-state index in [4.69, 9.17) is 9.47 Å². The number of ether oxygens (including phenoxy) is 2. The second kappa shape index (κ2) is 7.45. The molecular formula is C15H22INO2. The van der Waals surface area contributed by atoms with Crippen molar-refractivity contribution in [3.8, 4) is 5.75 Å². The molecule has 1 aliphatic rings. The molecule has 0 radical (unpaired) electrons. The maximum absolute atomic E-state index is 6.04. The Labute approximate surface area is 129 Å². The first-order chi connectivity index (χ1) is 9.24. The van der Waals surface area contributed by atoms with Crippen molar-refractivity contribution in [3.05, 3.63) is 27.8 Å². The summed E-state index contributed by atoms with van der Waals surface area (Å²) in [5.74, 6) is 0.940. The van der Waals surface area contributed by atoms with E-state index in [-0.39, 0.29) is 12.2 Å². The van der Waals surface area contributed by atoms with Crippen molar-refractivity contribution >= 4 is 22.6 Å². The summed E-state index contributed by atoms with van der Waals surface area (Å²) in [6.45, 7) is 6.00. The third kappa shape index (κ3) is 4.07. The van der Waals surface area contributed by atoms with Gasteiger partial charge in [-0.15, -0.1) is 0 Å². The quantitative estimate of drug-likeness (QED) is 0.743. The molecule has 3 atom stereocenters. The minimum absolute atomic E-state index is 0.174. The van der Waals surface area contributed by atoms with Crippen LogP contribution in [0.5, 0.6) is 5.75 Å². The maximum Gasteiger partial charge on any atom is 0.128 e. The molecule has 0 aliphatic heterocycles. The van der Waals surface area contributed by atoms with Crippen LogP contribution in [0.2, 0.25) is 0 Å². The fraction of sp³-hybridized carbons (Fsp3) is 0.600. The predicted octanol–water partition coefficient (Wildman–Crippen LogP) is 3.22. The number of benzene rings is 1. The third-order valence-corrected chi connectivity index (χ3v) is 4.02. The van der Waals surface area contributed by atoms with Crippen molar-refractivity contribution in [3.63, 3.8) is 0 Å². The Balaban J connectivity index is 1.90. The van der Waals surface area contributed by atoms with E-state index in [9.17, 15) is 0 Å². The van der Waals surface area contributed by atoms with Gasteiger partial charge in [-0.25, -0.2) is 0 Å². The Kier molecular flexibility index (Phi) is 5.91. The molecule has 0 bridgehead atoms. The van der Waals surface area contributed by atoms with Crippen LogP contribution in [0.4, 0.5) is 0 Å². The van der Waals surface area contributed by atoms with E-state index >= 15 is 0 Å². The molecule has 1 aromatic rings. The maximum atomic E-state index is 6.04. The van der Waals surface area contributed by atoms with Gasteiger partial charge in [0.2, 0.25) is 0 Å². The number of rotatable bonds is 7. The zero-order valence-electron chi connectivity index (χ0n) is 11.6. The second-order valence-electron chi connectivity index (χ2n) is 4.83. The molecule has 106 valence electrons. The van der Waals surface area contributed by atoms with Crippen molar-refractivity contribution < 1.29 is 9.47 Å². The van der Waals surface area contributed by atoms with Crippen LogP contribution in [-0.4, -0.2) is 31.4 Å². The van der Waals surface area contributed by atoms with Gasteiger partial charge in [-0.1, -0.05) is 13.0 Å².